The minimum absolute atomic E-state index is 0.668. The lowest BCUT2D eigenvalue weighted by molar-refractivity contribution is -0.107. The molecule has 0 bridgehead atoms. The number of rotatable bonds is 14. The number of hydrogen-bond acceptors (Lipinski definition) is 1. The first-order valence-corrected chi connectivity index (χ1v) is 8.15. The molecule has 0 aliphatic heterocycles. The standard InChI is InChI=1S/C18H32O/c1-2-3-4-5-6-7-8-9-10-11-12-13-14-15-16-17-18-19/h6-7,14-15,18H,2-5,8-13,16-17H2,1H3/b7-6+,15-14+. The van der Waals surface area contributed by atoms with Crippen molar-refractivity contribution in [3.63, 3.8) is 0 Å². The maximum atomic E-state index is 10.1. The van der Waals surface area contributed by atoms with Gasteiger partial charge in [0.2, 0.25) is 0 Å². The second kappa shape index (κ2) is 17.2. The van der Waals surface area contributed by atoms with E-state index in [4.69, 9.17) is 0 Å². The summed E-state index contributed by atoms with van der Waals surface area (Å²) in [7, 11) is 0. The van der Waals surface area contributed by atoms with E-state index in [9.17, 15) is 4.79 Å². The van der Waals surface area contributed by atoms with Crippen molar-refractivity contribution >= 4 is 6.29 Å². The maximum absolute atomic E-state index is 10.1. The molecule has 0 unspecified atom stereocenters. The molecule has 1 nitrogen and oxygen atoms in total. The molecular formula is C18H32O. The number of hydrogen-bond donors (Lipinski definition) is 0. The lowest BCUT2D eigenvalue weighted by atomic mass is 10.1. The van der Waals surface area contributed by atoms with E-state index in [1.807, 2.05) is 0 Å². The molecule has 0 spiro atoms. The number of carbonyl (C=O) groups excluding carboxylic acids is 1. The first-order chi connectivity index (χ1) is 9.41. The van der Waals surface area contributed by atoms with Gasteiger partial charge in [0.15, 0.2) is 0 Å². The van der Waals surface area contributed by atoms with Crippen molar-refractivity contribution in [1.29, 1.82) is 0 Å². The lowest BCUT2D eigenvalue weighted by Crippen LogP contribution is -1.77. The minimum Gasteiger partial charge on any atom is -0.303 e. The highest BCUT2D eigenvalue weighted by Gasteiger charge is 1.88. The van der Waals surface area contributed by atoms with E-state index in [0.717, 1.165) is 12.7 Å². The molecule has 0 aliphatic carbocycles. The Balaban J connectivity index is 3.10. The number of allylic oxidation sites excluding steroid dienone is 4. The van der Waals surface area contributed by atoms with Gasteiger partial charge >= 0.3 is 0 Å². The highest BCUT2D eigenvalue weighted by Crippen LogP contribution is 2.07. The SMILES string of the molecule is CCCCC/C=C/CCCCCC/C=C/CCC=O. The van der Waals surface area contributed by atoms with Crippen LogP contribution in [0.1, 0.15) is 84.0 Å². The molecule has 0 amide bonds. The average molecular weight is 264 g/mol. The third kappa shape index (κ3) is 17.1. The monoisotopic (exact) mass is 264 g/mol. The maximum Gasteiger partial charge on any atom is 0.120 e. The van der Waals surface area contributed by atoms with Gasteiger partial charge in [0.1, 0.15) is 6.29 Å². The fraction of sp³-hybridized carbons (Fsp3) is 0.722. The molecule has 0 saturated carbocycles. The van der Waals surface area contributed by atoms with Gasteiger partial charge in [-0.25, -0.2) is 0 Å². The molecule has 0 aliphatic rings. The third-order valence-electron chi connectivity index (χ3n) is 3.25. The third-order valence-corrected chi connectivity index (χ3v) is 3.25. The topological polar surface area (TPSA) is 17.1 Å². The van der Waals surface area contributed by atoms with Crippen LogP contribution in [-0.2, 0) is 4.79 Å². The van der Waals surface area contributed by atoms with Gasteiger partial charge in [-0.05, 0) is 44.9 Å². The molecule has 0 atom stereocenters. The van der Waals surface area contributed by atoms with Crippen molar-refractivity contribution in [2.24, 2.45) is 0 Å². The van der Waals surface area contributed by atoms with Crippen molar-refractivity contribution in [1.82, 2.24) is 0 Å². The Kier molecular flexibility index (Phi) is 16.4. The van der Waals surface area contributed by atoms with Gasteiger partial charge in [0, 0.05) is 6.42 Å². The van der Waals surface area contributed by atoms with E-state index < -0.39 is 0 Å². The van der Waals surface area contributed by atoms with Gasteiger partial charge in [-0.1, -0.05) is 56.9 Å². The molecule has 110 valence electrons. The quantitative estimate of drug-likeness (QED) is 0.214. The van der Waals surface area contributed by atoms with Crippen LogP contribution in [0.3, 0.4) is 0 Å². The Hall–Kier alpha value is -0.850. The van der Waals surface area contributed by atoms with Crippen LogP contribution in [0.5, 0.6) is 0 Å². The number of carbonyl (C=O) groups is 1. The molecule has 0 aromatic rings. The van der Waals surface area contributed by atoms with E-state index in [-0.39, 0.29) is 0 Å². The summed E-state index contributed by atoms with van der Waals surface area (Å²) in [5.41, 5.74) is 0. The molecule has 1 heteroatoms. The van der Waals surface area contributed by atoms with Crippen LogP contribution in [0.4, 0.5) is 0 Å². The Morgan fingerprint density at radius 3 is 1.53 bits per heavy atom. The highest BCUT2D eigenvalue weighted by atomic mass is 16.1. The first kappa shape index (κ1) is 18.1. The predicted molar refractivity (Wildman–Crippen MR) is 85.4 cm³/mol. The molecular weight excluding hydrogens is 232 g/mol. The van der Waals surface area contributed by atoms with Crippen molar-refractivity contribution in [3.8, 4) is 0 Å². The number of aldehydes is 1. The fourth-order valence-electron chi connectivity index (χ4n) is 2.03. The Morgan fingerprint density at radius 1 is 0.579 bits per heavy atom. The van der Waals surface area contributed by atoms with Gasteiger partial charge in [-0.15, -0.1) is 0 Å². The zero-order valence-electron chi connectivity index (χ0n) is 12.8. The zero-order valence-corrected chi connectivity index (χ0v) is 12.8. The molecule has 0 rings (SSSR count). The van der Waals surface area contributed by atoms with E-state index in [2.05, 4.69) is 31.2 Å². The zero-order chi connectivity index (χ0) is 14.0. The Bertz CT molecular complexity index is 228. The van der Waals surface area contributed by atoms with E-state index in [0.29, 0.717) is 6.42 Å². The molecule has 0 saturated heterocycles. The van der Waals surface area contributed by atoms with Crippen molar-refractivity contribution in [2.45, 2.75) is 84.0 Å². The Labute approximate surface area is 120 Å². The summed E-state index contributed by atoms with van der Waals surface area (Å²) in [4.78, 5) is 10.1. The van der Waals surface area contributed by atoms with E-state index in [1.165, 1.54) is 64.2 Å². The normalized spacial score (nSPS) is 11.6. The second-order valence-electron chi connectivity index (χ2n) is 5.17. The Morgan fingerprint density at radius 2 is 1.05 bits per heavy atom. The van der Waals surface area contributed by atoms with Gasteiger partial charge in [0.05, 0.1) is 0 Å². The van der Waals surface area contributed by atoms with Crippen LogP contribution in [0.15, 0.2) is 24.3 Å². The minimum atomic E-state index is 0.668. The van der Waals surface area contributed by atoms with Gasteiger partial charge in [-0.2, -0.15) is 0 Å². The molecule has 0 radical (unpaired) electrons. The molecule has 0 aromatic carbocycles. The summed E-state index contributed by atoms with van der Waals surface area (Å²) >= 11 is 0. The molecule has 0 aromatic heterocycles. The lowest BCUT2D eigenvalue weighted by Gasteiger charge is -1.97. The smallest absolute Gasteiger partial charge is 0.120 e. The summed E-state index contributed by atoms with van der Waals surface area (Å²) in [6.45, 7) is 2.25. The van der Waals surface area contributed by atoms with Crippen LogP contribution in [0.25, 0.3) is 0 Å². The van der Waals surface area contributed by atoms with Crippen molar-refractivity contribution < 1.29 is 4.79 Å². The highest BCUT2D eigenvalue weighted by molar-refractivity contribution is 5.49. The van der Waals surface area contributed by atoms with Crippen molar-refractivity contribution in [3.05, 3.63) is 24.3 Å². The van der Waals surface area contributed by atoms with Gasteiger partial charge in [-0.3, -0.25) is 0 Å². The second-order valence-corrected chi connectivity index (χ2v) is 5.17. The summed E-state index contributed by atoms with van der Waals surface area (Å²) in [5.74, 6) is 0. The summed E-state index contributed by atoms with van der Waals surface area (Å²) in [6.07, 6.45) is 24.6. The number of unbranched alkanes of at least 4 members (excludes halogenated alkanes) is 9. The molecule has 0 N–H and O–H groups in total. The van der Waals surface area contributed by atoms with E-state index in [1.54, 1.807) is 0 Å². The van der Waals surface area contributed by atoms with Gasteiger partial charge < -0.3 is 4.79 Å². The molecule has 0 heterocycles. The first-order valence-electron chi connectivity index (χ1n) is 8.15. The summed E-state index contributed by atoms with van der Waals surface area (Å²) < 4.78 is 0. The van der Waals surface area contributed by atoms with Crippen LogP contribution < -0.4 is 0 Å². The largest absolute Gasteiger partial charge is 0.303 e. The summed E-state index contributed by atoms with van der Waals surface area (Å²) in [5, 5.41) is 0. The predicted octanol–water partition coefficient (Wildman–Crippen LogP) is 6.00. The van der Waals surface area contributed by atoms with Gasteiger partial charge in [0.25, 0.3) is 0 Å². The molecule has 19 heavy (non-hydrogen) atoms. The fourth-order valence-corrected chi connectivity index (χ4v) is 2.03. The summed E-state index contributed by atoms with van der Waals surface area (Å²) in [6, 6.07) is 0. The van der Waals surface area contributed by atoms with Crippen molar-refractivity contribution in [2.75, 3.05) is 0 Å². The van der Waals surface area contributed by atoms with Crippen LogP contribution in [0.2, 0.25) is 0 Å². The van der Waals surface area contributed by atoms with E-state index >= 15 is 0 Å². The average Bonchev–Trinajstić information content (AvgIpc) is 2.43. The van der Waals surface area contributed by atoms with Crippen LogP contribution in [-0.4, -0.2) is 6.29 Å². The van der Waals surface area contributed by atoms with Crippen LogP contribution >= 0.6 is 0 Å². The molecule has 0 fully saturated rings. The van der Waals surface area contributed by atoms with Crippen LogP contribution in [0, 0.1) is 0 Å².